The SMILES string of the molecule is CC(C)Cn1c(SC(C)C(=O)Nc2sc3c(c2C(N)=O)CCC3)nnc1N1CCOCC1. The number of amides is 2. The molecular formula is C21H30N6O3S2. The number of hydrogen-bond donors (Lipinski definition) is 2. The summed E-state index contributed by atoms with van der Waals surface area (Å²) in [5.74, 6) is 0.569. The van der Waals surface area contributed by atoms with Gasteiger partial charge in [-0.1, -0.05) is 25.6 Å². The Labute approximate surface area is 196 Å². The Morgan fingerprint density at radius 1 is 1.22 bits per heavy atom. The number of fused-ring (bicyclic) bond motifs is 1. The zero-order valence-electron chi connectivity index (χ0n) is 18.7. The van der Waals surface area contributed by atoms with Gasteiger partial charge in [-0.15, -0.1) is 21.5 Å². The summed E-state index contributed by atoms with van der Waals surface area (Å²) in [6.45, 7) is 9.79. The molecule has 2 aromatic rings. The van der Waals surface area contributed by atoms with Crippen LogP contribution in [0.25, 0.3) is 0 Å². The molecule has 1 fully saturated rings. The molecule has 3 N–H and O–H groups in total. The largest absolute Gasteiger partial charge is 0.378 e. The lowest BCUT2D eigenvalue weighted by molar-refractivity contribution is -0.115. The average molecular weight is 479 g/mol. The molecule has 4 rings (SSSR count). The fraction of sp³-hybridized carbons (Fsp3) is 0.619. The third kappa shape index (κ3) is 4.79. The first-order valence-corrected chi connectivity index (χ1v) is 12.7. The standard InChI is InChI=1S/C21H30N6O3S2/c1-12(2)11-27-20(26-7-9-30-10-8-26)24-25-21(27)31-13(3)18(29)23-19-16(17(22)28)14-5-4-6-15(14)32-19/h12-13H,4-11H2,1-3H3,(H2,22,28)(H,23,29). The fourth-order valence-electron chi connectivity index (χ4n) is 4.07. The van der Waals surface area contributed by atoms with E-state index in [4.69, 9.17) is 10.5 Å². The highest BCUT2D eigenvalue weighted by molar-refractivity contribution is 8.00. The van der Waals surface area contributed by atoms with E-state index < -0.39 is 11.2 Å². The quantitative estimate of drug-likeness (QED) is 0.560. The van der Waals surface area contributed by atoms with Crippen LogP contribution in [0.4, 0.5) is 10.9 Å². The number of carbonyl (C=O) groups is 2. The van der Waals surface area contributed by atoms with Crippen LogP contribution >= 0.6 is 23.1 Å². The van der Waals surface area contributed by atoms with Crippen molar-refractivity contribution in [2.24, 2.45) is 11.7 Å². The first-order valence-electron chi connectivity index (χ1n) is 11.0. The third-order valence-electron chi connectivity index (χ3n) is 5.59. The van der Waals surface area contributed by atoms with Gasteiger partial charge in [0.25, 0.3) is 5.91 Å². The Morgan fingerprint density at radius 3 is 2.66 bits per heavy atom. The van der Waals surface area contributed by atoms with E-state index in [0.29, 0.717) is 34.9 Å². The molecule has 174 valence electrons. The molecule has 0 aromatic carbocycles. The van der Waals surface area contributed by atoms with Crippen LogP contribution in [0.3, 0.4) is 0 Å². The molecule has 0 bridgehead atoms. The van der Waals surface area contributed by atoms with Crippen molar-refractivity contribution in [2.75, 3.05) is 36.5 Å². The number of nitrogens with two attached hydrogens (primary N) is 1. The number of thioether (sulfide) groups is 1. The number of primary amides is 1. The minimum Gasteiger partial charge on any atom is -0.378 e. The van der Waals surface area contributed by atoms with Gasteiger partial charge in [0.05, 0.1) is 24.0 Å². The lowest BCUT2D eigenvalue weighted by Gasteiger charge is -2.28. The van der Waals surface area contributed by atoms with Gasteiger partial charge < -0.3 is 20.7 Å². The Kier molecular flexibility index (Phi) is 7.06. The van der Waals surface area contributed by atoms with Crippen molar-refractivity contribution >= 4 is 45.9 Å². The summed E-state index contributed by atoms with van der Waals surface area (Å²) in [6.07, 6.45) is 2.80. The number of rotatable bonds is 8. The molecule has 2 amide bonds. The second-order valence-corrected chi connectivity index (χ2v) is 11.0. The van der Waals surface area contributed by atoms with E-state index in [-0.39, 0.29) is 5.91 Å². The van der Waals surface area contributed by atoms with Crippen LogP contribution in [0.5, 0.6) is 0 Å². The number of aromatic nitrogens is 3. The molecule has 3 heterocycles. The Balaban J connectivity index is 1.50. The molecule has 2 aromatic heterocycles. The minimum atomic E-state index is -0.480. The number of aryl methyl sites for hydroxylation is 1. The Bertz CT molecular complexity index is 996. The van der Waals surface area contributed by atoms with Gasteiger partial charge in [-0.05, 0) is 37.7 Å². The predicted octanol–water partition coefficient (Wildman–Crippen LogP) is 2.54. The normalized spacial score (nSPS) is 16.9. The number of ether oxygens (including phenoxy) is 1. The van der Waals surface area contributed by atoms with Crippen molar-refractivity contribution < 1.29 is 14.3 Å². The molecule has 2 aliphatic rings. The maximum absolute atomic E-state index is 13.0. The topological polar surface area (TPSA) is 115 Å². The molecule has 1 aliphatic heterocycles. The molecule has 32 heavy (non-hydrogen) atoms. The van der Waals surface area contributed by atoms with Gasteiger partial charge in [0.1, 0.15) is 5.00 Å². The van der Waals surface area contributed by atoms with Crippen molar-refractivity contribution in [2.45, 2.75) is 57.0 Å². The highest BCUT2D eigenvalue weighted by Gasteiger charge is 2.28. The van der Waals surface area contributed by atoms with Crippen LogP contribution in [-0.2, 0) is 28.9 Å². The molecule has 1 aliphatic carbocycles. The van der Waals surface area contributed by atoms with Gasteiger partial charge >= 0.3 is 0 Å². The summed E-state index contributed by atoms with van der Waals surface area (Å²) in [6, 6.07) is 0. The Morgan fingerprint density at radius 2 is 1.97 bits per heavy atom. The first-order chi connectivity index (χ1) is 15.3. The van der Waals surface area contributed by atoms with Gasteiger partial charge in [-0.3, -0.25) is 14.2 Å². The zero-order chi connectivity index (χ0) is 22.8. The van der Waals surface area contributed by atoms with E-state index in [1.807, 2.05) is 6.92 Å². The van der Waals surface area contributed by atoms with E-state index in [2.05, 4.69) is 38.8 Å². The number of hydrogen-bond acceptors (Lipinski definition) is 8. The maximum atomic E-state index is 13.0. The van der Waals surface area contributed by atoms with Gasteiger partial charge in [0.15, 0.2) is 5.16 Å². The maximum Gasteiger partial charge on any atom is 0.251 e. The monoisotopic (exact) mass is 478 g/mol. The summed E-state index contributed by atoms with van der Waals surface area (Å²) >= 11 is 2.85. The van der Waals surface area contributed by atoms with Crippen molar-refractivity contribution in [1.82, 2.24) is 14.8 Å². The number of nitrogens with zero attached hydrogens (tertiary/aromatic N) is 4. The van der Waals surface area contributed by atoms with Crippen LogP contribution in [0, 0.1) is 5.92 Å². The van der Waals surface area contributed by atoms with E-state index in [9.17, 15) is 9.59 Å². The molecule has 1 atom stereocenters. The lowest BCUT2D eigenvalue weighted by Crippen LogP contribution is -2.38. The first kappa shape index (κ1) is 23.1. The molecule has 11 heteroatoms. The highest BCUT2D eigenvalue weighted by atomic mass is 32.2. The number of morpholine rings is 1. The number of nitrogens with one attached hydrogen (secondary N) is 1. The molecule has 1 saturated heterocycles. The van der Waals surface area contributed by atoms with E-state index in [1.54, 1.807) is 0 Å². The van der Waals surface area contributed by atoms with Crippen LogP contribution in [0.15, 0.2) is 5.16 Å². The Hall–Kier alpha value is -2.11. The number of thiophene rings is 1. The smallest absolute Gasteiger partial charge is 0.251 e. The van der Waals surface area contributed by atoms with Crippen LogP contribution in [-0.4, -0.2) is 58.1 Å². The van der Waals surface area contributed by atoms with E-state index in [1.165, 1.54) is 23.1 Å². The van der Waals surface area contributed by atoms with Crippen molar-refractivity contribution in [3.05, 3.63) is 16.0 Å². The summed E-state index contributed by atoms with van der Waals surface area (Å²) in [5, 5.41) is 12.6. The van der Waals surface area contributed by atoms with Crippen molar-refractivity contribution in [1.29, 1.82) is 0 Å². The minimum absolute atomic E-state index is 0.176. The second-order valence-electron chi connectivity index (χ2n) is 8.56. The highest BCUT2D eigenvalue weighted by Crippen LogP contribution is 2.39. The van der Waals surface area contributed by atoms with E-state index in [0.717, 1.165) is 55.3 Å². The number of anilines is 2. The van der Waals surface area contributed by atoms with Crippen LogP contribution in [0.2, 0.25) is 0 Å². The summed E-state index contributed by atoms with van der Waals surface area (Å²) in [4.78, 5) is 28.4. The van der Waals surface area contributed by atoms with Gasteiger partial charge in [-0.2, -0.15) is 0 Å². The summed E-state index contributed by atoms with van der Waals surface area (Å²) in [7, 11) is 0. The molecular weight excluding hydrogens is 448 g/mol. The van der Waals surface area contributed by atoms with Crippen molar-refractivity contribution in [3.8, 4) is 0 Å². The van der Waals surface area contributed by atoms with Gasteiger partial charge in [-0.25, -0.2) is 0 Å². The van der Waals surface area contributed by atoms with Crippen LogP contribution < -0.4 is 16.0 Å². The van der Waals surface area contributed by atoms with Crippen LogP contribution in [0.1, 0.15) is 48.0 Å². The lowest BCUT2D eigenvalue weighted by atomic mass is 10.1. The van der Waals surface area contributed by atoms with E-state index >= 15 is 0 Å². The molecule has 0 saturated carbocycles. The molecule has 0 radical (unpaired) electrons. The van der Waals surface area contributed by atoms with Gasteiger partial charge in [0, 0.05) is 24.5 Å². The third-order valence-corrected chi connectivity index (χ3v) is 7.88. The summed E-state index contributed by atoms with van der Waals surface area (Å²) in [5.41, 5.74) is 7.11. The van der Waals surface area contributed by atoms with Gasteiger partial charge in [0.2, 0.25) is 11.9 Å². The molecule has 0 spiro atoms. The fourth-order valence-corrected chi connectivity index (χ4v) is 6.22. The second kappa shape index (κ2) is 9.80. The van der Waals surface area contributed by atoms with Crippen molar-refractivity contribution in [3.63, 3.8) is 0 Å². The number of carbonyl (C=O) groups excluding carboxylic acids is 2. The summed E-state index contributed by atoms with van der Waals surface area (Å²) < 4.78 is 7.56. The molecule has 9 nitrogen and oxygen atoms in total. The average Bonchev–Trinajstić information content (AvgIpc) is 3.43. The molecule has 1 unspecified atom stereocenters. The predicted molar refractivity (Wildman–Crippen MR) is 127 cm³/mol. The zero-order valence-corrected chi connectivity index (χ0v) is 20.4.